The number of carbonyl (C=O) groups excluding carboxylic acids is 1. The summed E-state index contributed by atoms with van der Waals surface area (Å²) in [5, 5.41) is 0. The summed E-state index contributed by atoms with van der Waals surface area (Å²) in [6, 6.07) is 19.0. The van der Waals surface area contributed by atoms with Crippen molar-refractivity contribution in [3.63, 3.8) is 0 Å². The minimum atomic E-state index is -0.0679. The number of hydrogen-bond acceptors (Lipinski definition) is 3. The van der Waals surface area contributed by atoms with Crippen molar-refractivity contribution in [3.05, 3.63) is 65.7 Å². The molecule has 0 amide bonds. The number of esters is 1. The fourth-order valence-corrected chi connectivity index (χ4v) is 3.74. The third-order valence-electron chi connectivity index (χ3n) is 4.78. The van der Waals surface area contributed by atoms with Crippen LogP contribution in [0.2, 0.25) is 0 Å². The Morgan fingerprint density at radius 2 is 1.77 bits per heavy atom. The Morgan fingerprint density at radius 3 is 2.55 bits per heavy atom. The van der Waals surface area contributed by atoms with E-state index >= 15 is 0 Å². The lowest BCUT2D eigenvalue weighted by molar-refractivity contribution is -0.141. The van der Waals surface area contributed by atoms with Gasteiger partial charge >= 0.3 is 5.97 Å². The number of ether oxygens (including phenoxy) is 1. The molecule has 0 saturated carbocycles. The van der Waals surface area contributed by atoms with Gasteiger partial charge in [-0.05, 0) is 36.1 Å². The minimum absolute atomic E-state index is 0.0531. The summed E-state index contributed by atoms with van der Waals surface area (Å²) in [6.45, 7) is 1.49. The number of para-hydroxylation sites is 1. The molecule has 22 heavy (non-hydrogen) atoms. The summed E-state index contributed by atoms with van der Waals surface area (Å²) in [6.07, 6.45) is 1.82. The molecule has 3 heteroatoms. The van der Waals surface area contributed by atoms with Crippen molar-refractivity contribution >= 4 is 11.7 Å². The lowest BCUT2D eigenvalue weighted by Gasteiger charge is -2.41. The summed E-state index contributed by atoms with van der Waals surface area (Å²) in [5.74, 6) is -0.121. The lowest BCUT2D eigenvalue weighted by Crippen LogP contribution is -2.40. The Balaban J connectivity index is 1.80. The van der Waals surface area contributed by atoms with Crippen molar-refractivity contribution in [1.29, 1.82) is 0 Å². The summed E-state index contributed by atoms with van der Waals surface area (Å²) >= 11 is 0. The van der Waals surface area contributed by atoms with Gasteiger partial charge in [-0.15, -0.1) is 0 Å². The van der Waals surface area contributed by atoms with Crippen molar-refractivity contribution in [2.45, 2.75) is 18.9 Å². The molecule has 0 aromatic heterocycles. The van der Waals surface area contributed by atoms with Gasteiger partial charge in [-0.2, -0.15) is 0 Å². The minimum Gasteiger partial charge on any atom is -0.465 e. The van der Waals surface area contributed by atoms with Crippen LogP contribution in [-0.4, -0.2) is 19.1 Å². The molecule has 2 aliphatic heterocycles. The highest BCUT2D eigenvalue weighted by Crippen LogP contribution is 2.41. The number of cyclic esters (lactones) is 1. The second-order valence-electron chi connectivity index (χ2n) is 5.99. The molecule has 0 radical (unpaired) electrons. The van der Waals surface area contributed by atoms with E-state index in [4.69, 9.17) is 4.74 Å². The van der Waals surface area contributed by atoms with Crippen LogP contribution < -0.4 is 4.90 Å². The summed E-state index contributed by atoms with van der Waals surface area (Å²) in [7, 11) is 0. The molecule has 0 spiro atoms. The second-order valence-corrected chi connectivity index (χ2v) is 5.99. The molecule has 0 aliphatic carbocycles. The first-order chi connectivity index (χ1) is 10.8. The highest BCUT2D eigenvalue weighted by Gasteiger charge is 2.41. The van der Waals surface area contributed by atoms with Gasteiger partial charge < -0.3 is 9.64 Å². The van der Waals surface area contributed by atoms with Crippen LogP contribution in [0.3, 0.4) is 0 Å². The van der Waals surface area contributed by atoms with E-state index in [1.54, 1.807) is 0 Å². The molecule has 4 rings (SSSR count). The maximum atomic E-state index is 12.2. The molecule has 2 heterocycles. The Morgan fingerprint density at radius 1 is 1.00 bits per heavy atom. The molecule has 0 N–H and O–H groups in total. The van der Waals surface area contributed by atoms with Crippen LogP contribution in [0.15, 0.2) is 54.6 Å². The number of anilines is 1. The van der Waals surface area contributed by atoms with E-state index in [9.17, 15) is 4.79 Å². The topological polar surface area (TPSA) is 29.5 Å². The fourth-order valence-electron chi connectivity index (χ4n) is 3.74. The Labute approximate surface area is 130 Å². The molecule has 112 valence electrons. The van der Waals surface area contributed by atoms with Crippen LogP contribution in [0.1, 0.15) is 23.6 Å². The van der Waals surface area contributed by atoms with Crippen LogP contribution in [0.5, 0.6) is 0 Å². The average Bonchev–Trinajstić information content (AvgIpc) is 3.00. The molecule has 2 unspecified atom stereocenters. The lowest BCUT2D eigenvalue weighted by atomic mass is 9.83. The number of benzene rings is 2. The Hall–Kier alpha value is -2.29. The predicted octanol–water partition coefficient (Wildman–Crippen LogP) is 3.35. The fraction of sp³-hybridized carbons (Fsp3) is 0.316. The largest absolute Gasteiger partial charge is 0.465 e. The monoisotopic (exact) mass is 293 g/mol. The molecule has 3 nitrogen and oxygen atoms in total. The van der Waals surface area contributed by atoms with Crippen LogP contribution >= 0.6 is 0 Å². The van der Waals surface area contributed by atoms with Gasteiger partial charge in [0, 0.05) is 12.2 Å². The zero-order valence-electron chi connectivity index (χ0n) is 12.4. The molecule has 2 aromatic carbocycles. The van der Waals surface area contributed by atoms with E-state index < -0.39 is 0 Å². The Bertz CT molecular complexity index is 683. The number of rotatable bonds is 2. The van der Waals surface area contributed by atoms with Gasteiger partial charge in [0.05, 0.1) is 18.6 Å². The number of carbonyl (C=O) groups is 1. The van der Waals surface area contributed by atoms with Crippen LogP contribution in [0.25, 0.3) is 0 Å². The van der Waals surface area contributed by atoms with Gasteiger partial charge in [-0.25, -0.2) is 0 Å². The quantitative estimate of drug-likeness (QED) is 0.795. The third-order valence-corrected chi connectivity index (χ3v) is 4.78. The van der Waals surface area contributed by atoms with Gasteiger partial charge in [0.15, 0.2) is 0 Å². The molecule has 2 aromatic rings. The smallest absolute Gasteiger partial charge is 0.311 e. The third kappa shape index (κ3) is 2.17. The summed E-state index contributed by atoms with van der Waals surface area (Å²) < 4.78 is 5.25. The van der Waals surface area contributed by atoms with Gasteiger partial charge in [-0.1, -0.05) is 42.5 Å². The number of hydrogen-bond donors (Lipinski definition) is 0. The molecule has 2 aliphatic rings. The van der Waals surface area contributed by atoms with Gasteiger partial charge in [0.1, 0.15) is 0 Å². The van der Waals surface area contributed by atoms with E-state index in [2.05, 4.69) is 53.4 Å². The van der Waals surface area contributed by atoms with Gasteiger partial charge in [-0.3, -0.25) is 4.79 Å². The summed E-state index contributed by atoms with van der Waals surface area (Å²) in [5.41, 5.74) is 3.82. The van der Waals surface area contributed by atoms with Crippen molar-refractivity contribution in [2.75, 3.05) is 18.1 Å². The molecule has 0 bridgehead atoms. The highest BCUT2D eigenvalue weighted by molar-refractivity contribution is 5.76. The van der Waals surface area contributed by atoms with E-state index in [-0.39, 0.29) is 17.9 Å². The zero-order valence-corrected chi connectivity index (χ0v) is 12.4. The second kappa shape index (κ2) is 5.48. The summed E-state index contributed by atoms with van der Waals surface area (Å²) in [4.78, 5) is 14.6. The Kier molecular flexibility index (Phi) is 3.34. The number of fused-ring (bicyclic) bond motifs is 1. The molecule has 1 fully saturated rings. The van der Waals surface area contributed by atoms with Crippen LogP contribution in [0, 0.1) is 5.92 Å². The van der Waals surface area contributed by atoms with Gasteiger partial charge in [0.25, 0.3) is 0 Å². The van der Waals surface area contributed by atoms with E-state index in [0.29, 0.717) is 6.61 Å². The van der Waals surface area contributed by atoms with Crippen molar-refractivity contribution < 1.29 is 9.53 Å². The van der Waals surface area contributed by atoms with Crippen LogP contribution in [-0.2, 0) is 16.0 Å². The molecule has 2 atom stereocenters. The average molecular weight is 293 g/mol. The van der Waals surface area contributed by atoms with E-state index in [1.165, 1.54) is 16.8 Å². The molecular formula is C19H19NO2. The zero-order chi connectivity index (χ0) is 14.9. The molecule has 1 saturated heterocycles. The van der Waals surface area contributed by atoms with E-state index in [1.807, 2.05) is 6.07 Å². The van der Waals surface area contributed by atoms with E-state index in [0.717, 1.165) is 19.4 Å². The predicted molar refractivity (Wildman–Crippen MR) is 85.7 cm³/mol. The normalized spacial score (nSPS) is 24.0. The maximum Gasteiger partial charge on any atom is 0.311 e. The SMILES string of the molecule is O=C1OCCC1C1c2ccccc2CCN1c1ccccc1. The van der Waals surface area contributed by atoms with Crippen molar-refractivity contribution in [3.8, 4) is 0 Å². The first-order valence-electron chi connectivity index (χ1n) is 7.91. The van der Waals surface area contributed by atoms with Crippen LogP contribution in [0.4, 0.5) is 5.69 Å². The first kappa shape index (κ1) is 13.4. The molecular weight excluding hydrogens is 274 g/mol. The standard InChI is InChI=1S/C19H19NO2/c21-19-17(11-13-22-19)18-16-9-5-4-6-14(16)10-12-20(18)15-7-2-1-3-8-15/h1-9,17-18H,10-13H2. The maximum absolute atomic E-state index is 12.2. The van der Waals surface area contributed by atoms with Crippen molar-refractivity contribution in [2.24, 2.45) is 5.92 Å². The number of nitrogens with zero attached hydrogens (tertiary/aromatic N) is 1. The van der Waals surface area contributed by atoms with Gasteiger partial charge in [0.2, 0.25) is 0 Å². The highest BCUT2D eigenvalue weighted by atomic mass is 16.5. The first-order valence-corrected chi connectivity index (χ1v) is 7.91. The van der Waals surface area contributed by atoms with Crippen molar-refractivity contribution in [1.82, 2.24) is 0 Å².